The minimum absolute atomic E-state index is 0.0775. The molecule has 1 aliphatic rings. The summed E-state index contributed by atoms with van der Waals surface area (Å²) in [6.07, 6.45) is 2.05. The van der Waals surface area contributed by atoms with Gasteiger partial charge in [-0.1, -0.05) is 30.3 Å². The van der Waals surface area contributed by atoms with Crippen molar-refractivity contribution in [3.8, 4) is 11.5 Å². The number of methoxy groups -OCH3 is 1. The van der Waals surface area contributed by atoms with Crippen LogP contribution >= 0.6 is 0 Å². The number of nitrogens with one attached hydrogen (secondary N) is 2. The molecule has 1 aliphatic heterocycles. The molecular weight excluding hydrogens is 356 g/mol. The van der Waals surface area contributed by atoms with E-state index in [2.05, 4.69) is 34.6 Å². The fraction of sp³-hybridized carbons (Fsp3) is 0.318. The highest BCUT2D eigenvalue weighted by molar-refractivity contribution is 5.98. The molecule has 146 valence electrons. The van der Waals surface area contributed by atoms with Crippen LogP contribution in [0.5, 0.6) is 11.5 Å². The van der Waals surface area contributed by atoms with Crippen LogP contribution in [0, 0.1) is 0 Å². The molecule has 0 aliphatic carbocycles. The van der Waals surface area contributed by atoms with Crippen LogP contribution in [-0.2, 0) is 11.2 Å². The Morgan fingerprint density at radius 3 is 2.93 bits per heavy atom. The number of rotatable bonds is 7. The highest BCUT2D eigenvalue weighted by Gasteiger charge is 2.24. The molecule has 1 aromatic heterocycles. The molecule has 0 fully saturated rings. The Morgan fingerprint density at radius 2 is 2.11 bits per heavy atom. The Labute approximate surface area is 163 Å². The molecule has 0 saturated heterocycles. The lowest BCUT2D eigenvalue weighted by Gasteiger charge is -2.27. The lowest BCUT2D eigenvalue weighted by atomic mass is 10.1. The predicted octanol–water partition coefficient (Wildman–Crippen LogP) is 3.32. The Hall–Kier alpha value is -2.99. The van der Waals surface area contributed by atoms with E-state index in [0.29, 0.717) is 30.3 Å². The summed E-state index contributed by atoms with van der Waals surface area (Å²) in [6.45, 7) is 2.12. The Bertz CT molecular complexity index is 952. The number of carbonyl (C=O) groups is 1. The van der Waals surface area contributed by atoms with E-state index in [4.69, 9.17) is 14.2 Å². The number of fused-ring (bicyclic) bond motifs is 3. The van der Waals surface area contributed by atoms with Gasteiger partial charge in [-0.15, -0.1) is 0 Å². The van der Waals surface area contributed by atoms with E-state index < -0.39 is 5.97 Å². The molecule has 4 rings (SSSR count). The zero-order valence-electron chi connectivity index (χ0n) is 15.9. The summed E-state index contributed by atoms with van der Waals surface area (Å²) in [5, 5.41) is 4.28. The van der Waals surface area contributed by atoms with Crippen LogP contribution in [0.15, 0.2) is 48.5 Å². The Balaban J connectivity index is 1.34. The molecule has 0 bridgehead atoms. The maximum Gasteiger partial charge on any atom is 0.354 e. The van der Waals surface area contributed by atoms with Gasteiger partial charge in [0.15, 0.2) is 11.5 Å². The first-order valence-electron chi connectivity index (χ1n) is 9.52. The summed E-state index contributed by atoms with van der Waals surface area (Å²) in [5.74, 6) is 0.966. The topological polar surface area (TPSA) is 72.6 Å². The SMILES string of the molecule is COC(=O)c1cc2c3c(ccc2[nH]1)OCC(CNCCCc1ccccc1)O3. The molecule has 0 radical (unpaired) electrons. The third-order valence-corrected chi connectivity index (χ3v) is 4.87. The molecule has 6 heteroatoms. The summed E-state index contributed by atoms with van der Waals surface area (Å²) in [6, 6.07) is 16.0. The van der Waals surface area contributed by atoms with Gasteiger partial charge in [-0.3, -0.25) is 0 Å². The molecule has 2 N–H and O–H groups in total. The first kappa shape index (κ1) is 18.4. The smallest absolute Gasteiger partial charge is 0.354 e. The van der Waals surface area contributed by atoms with Crippen molar-refractivity contribution in [1.29, 1.82) is 0 Å². The van der Waals surface area contributed by atoms with Gasteiger partial charge < -0.3 is 24.5 Å². The highest BCUT2D eigenvalue weighted by atomic mass is 16.6. The molecule has 1 unspecified atom stereocenters. The van der Waals surface area contributed by atoms with Crippen LogP contribution < -0.4 is 14.8 Å². The van der Waals surface area contributed by atoms with Crippen LogP contribution in [0.2, 0.25) is 0 Å². The van der Waals surface area contributed by atoms with E-state index in [0.717, 1.165) is 30.3 Å². The van der Waals surface area contributed by atoms with Crippen LogP contribution in [0.1, 0.15) is 22.5 Å². The second-order valence-electron chi connectivity index (χ2n) is 6.87. The van der Waals surface area contributed by atoms with Crippen LogP contribution in [-0.4, -0.2) is 43.9 Å². The summed E-state index contributed by atoms with van der Waals surface area (Å²) < 4.78 is 16.8. The van der Waals surface area contributed by atoms with Crippen molar-refractivity contribution in [1.82, 2.24) is 10.3 Å². The fourth-order valence-corrected chi connectivity index (χ4v) is 3.42. The van der Waals surface area contributed by atoms with Gasteiger partial charge in [-0.05, 0) is 43.1 Å². The number of H-pyrrole nitrogens is 1. The first-order chi connectivity index (χ1) is 13.7. The monoisotopic (exact) mass is 380 g/mol. The normalized spacial score (nSPS) is 15.5. The van der Waals surface area contributed by atoms with Gasteiger partial charge >= 0.3 is 5.97 Å². The van der Waals surface area contributed by atoms with Gasteiger partial charge in [0.2, 0.25) is 0 Å². The molecule has 0 saturated carbocycles. The Morgan fingerprint density at radius 1 is 1.25 bits per heavy atom. The van der Waals surface area contributed by atoms with Crippen molar-refractivity contribution >= 4 is 16.9 Å². The molecule has 1 atom stereocenters. The number of ether oxygens (including phenoxy) is 3. The second-order valence-corrected chi connectivity index (χ2v) is 6.87. The third kappa shape index (κ3) is 3.97. The lowest BCUT2D eigenvalue weighted by molar-refractivity contribution is 0.0595. The van der Waals surface area contributed by atoms with Crippen molar-refractivity contribution < 1.29 is 19.0 Å². The number of aryl methyl sites for hydroxylation is 1. The third-order valence-electron chi connectivity index (χ3n) is 4.87. The van der Waals surface area contributed by atoms with E-state index >= 15 is 0 Å². The minimum atomic E-state index is -0.404. The molecule has 0 amide bonds. The number of benzene rings is 2. The molecule has 6 nitrogen and oxygen atoms in total. The number of aromatic amines is 1. The van der Waals surface area contributed by atoms with E-state index in [1.807, 2.05) is 18.2 Å². The van der Waals surface area contributed by atoms with Gasteiger partial charge in [0, 0.05) is 11.9 Å². The van der Waals surface area contributed by atoms with Gasteiger partial charge in [0.1, 0.15) is 18.4 Å². The van der Waals surface area contributed by atoms with E-state index in [1.54, 1.807) is 6.07 Å². The van der Waals surface area contributed by atoms with Crippen LogP contribution in [0.25, 0.3) is 10.9 Å². The average molecular weight is 380 g/mol. The standard InChI is InChI=1S/C22H24N2O4/c1-26-22(25)19-12-17-18(24-19)9-10-20-21(17)28-16(14-27-20)13-23-11-5-8-15-6-3-2-4-7-15/h2-4,6-7,9-10,12,16,23-24H,5,8,11,13-14H2,1H3. The van der Waals surface area contributed by atoms with Crippen LogP contribution in [0.3, 0.4) is 0 Å². The minimum Gasteiger partial charge on any atom is -0.486 e. The van der Waals surface area contributed by atoms with Crippen molar-refractivity contribution in [2.45, 2.75) is 18.9 Å². The van der Waals surface area contributed by atoms with E-state index in [-0.39, 0.29) is 6.10 Å². The Kier molecular flexibility index (Phi) is 5.48. The van der Waals surface area contributed by atoms with Gasteiger partial charge in [-0.25, -0.2) is 4.79 Å². The second kappa shape index (κ2) is 8.35. The van der Waals surface area contributed by atoms with Crippen molar-refractivity contribution in [2.24, 2.45) is 0 Å². The fourth-order valence-electron chi connectivity index (χ4n) is 3.42. The number of esters is 1. The van der Waals surface area contributed by atoms with Crippen LogP contribution in [0.4, 0.5) is 0 Å². The summed E-state index contributed by atoms with van der Waals surface area (Å²) >= 11 is 0. The number of aromatic nitrogens is 1. The van der Waals surface area contributed by atoms with E-state index in [9.17, 15) is 4.79 Å². The zero-order chi connectivity index (χ0) is 19.3. The molecule has 3 aromatic rings. The highest BCUT2D eigenvalue weighted by Crippen LogP contribution is 2.39. The lowest BCUT2D eigenvalue weighted by Crippen LogP contribution is -2.38. The number of hydrogen-bond donors (Lipinski definition) is 2. The summed E-state index contributed by atoms with van der Waals surface area (Å²) in [5.41, 5.74) is 2.57. The quantitative estimate of drug-likeness (QED) is 0.486. The molecule has 2 heterocycles. The van der Waals surface area contributed by atoms with E-state index in [1.165, 1.54) is 12.7 Å². The van der Waals surface area contributed by atoms with Gasteiger partial charge in [-0.2, -0.15) is 0 Å². The zero-order valence-corrected chi connectivity index (χ0v) is 15.9. The van der Waals surface area contributed by atoms with Crippen molar-refractivity contribution in [3.63, 3.8) is 0 Å². The molecule has 0 spiro atoms. The van der Waals surface area contributed by atoms with Gasteiger partial charge in [0.25, 0.3) is 0 Å². The first-order valence-corrected chi connectivity index (χ1v) is 9.52. The maximum absolute atomic E-state index is 11.8. The van der Waals surface area contributed by atoms with Crippen molar-refractivity contribution in [3.05, 3.63) is 59.8 Å². The number of hydrogen-bond acceptors (Lipinski definition) is 5. The predicted molar refractivity (Wildman–Crippen MR) is 107 cm³/mol. The maximum atomic E-state index is 11.8. The average Bonchev–Trinajstić information content (AvgIpc) is 3.18. The van der Waals surface area contributed by atoms with Crippen molar-refractivity contribution in [2.75, 3.05) is 26.8 Å². The largest absolute Gasteiger partial charge is 0.486 e. The summed E-state index contributed by atoms with van der Waals surface area (Å²) in [7, 11) is 1.36. The molecule has 2 aromatic carbocycles. The number of carbonyl (C=O) groups excluding carboxylic acids is 1. The summed E-state index contributed by atoms with van der Waals surface area (Å²) in [4.78, 5) is 14.8. The molecule has 28 heavy (non-hydrogen) atoms. The molecular formula is C22H24N2O4. The van der Waals surface area contributed by atoms with Gasteiger partial charge in [0.05, 0.1) is 12.6 Å².